The quantitative estimate of drug-likeness (QED) is 0.872. The van der Waals surface area contributed by atoms with E-state index in [1.165, 1.54) is 43.2 Å². The summed E-state index contributed by atoms with van der Waals surface area (Å²) in [6.07, 6.45) is 7.08. The first-order valence-corrected chi connectivity index (χ1v) is 7.93. The van der Waals surface area contributed by atoms with Crippen molar-refractivity contribution >= 4 is 23.2 Å². The molecule has 4 nitrogen and oxygen atoms in total. The van der Waals surface area contributed by atoms with E-state index < -0.39 is 12.0 Å². The normalized spacial score (nSPS) is 16.5. The number of methoxy groups -OCH3 is 1. The zero-order valence-corrected chi connectivity index (χ0v) is 12.8. The van der Waals surface area contributed by atoms with Crippen LogP contribution in [-0.4, -0.2) is 25.0 Å². The Morgan fingerprint density at radius 3 is 2.65 bits per heavy atom. The standard InChI is InChI=1S/C15H21NO3S/c1-10(15(18)19-2)16-14(17)13-9-11-7-5-3-4-6-8-12(11)20-13/h9-10H,3-8H2,1-2H3,(H,16,17). The van der Waals surface area contributed by atoms with Gasteiger partial charge in [0.2, 0.25) is 0 Å². The Morgan fingerprint density at radius 1 is 1.25 bits per heavy atom. The van der Waals surface area contributed by atoms with E-state index in [2.05, 4.69) is 10.1 Å². The number of aryl methyl sites for hydroxylation is 2. The van der Waals surface area contributed by atoms with Gasteiger partial charge >= 0.3 is 5.97 Å². The number of esters is 1. The van der Waals surface area contributed by atoms with E-state index in [0.29, 0.717) is 4.88 Å². The van der Waals surface area contributed by atoms with Crippen molar-refractivity contribution in [2.45, 2.75) is 51.5 Å². The zero-order valence-electron chi connectivity index (χ0n) is 12.0. The summed E-state index contributed by atoms with van der Waals surface area (Å²) >= 11 is 1.56. The van der Waals surface area contributed by atoms with Gasteiger partial charge in [0.15, 0.2) is 0 Å². The molecule has 0 aromatic carbocycles. The minimum Gasteiger partial charge on any atom is -0.467 e. The van der Waals surface area contributed by atoms with Gasteiger partial charge in [0.25, 0.3) is 5.91 Å². The highest BCUT2D eigenvalue weighted by Gasteiger charge is 2.20. The molecule has 1 aliphatic rings. The lowest BCUT2D eigenvalue weighted by Gasteiger charge is -2.10. The minimum absolute atomic E-state index is 0.181. The summed E-state index contributed by atoms with van der Waals surface area (Å²) in [4.78, 5) is 25.5. The molecule has 110 valence electrons. The van der Waals surface area contributed by atoms with Crippen LogP contribution in [0.3, 0.4) is 0 Å². The van der Waals surface area contributed by atoms with Gasteiger partial charge in [-0.25, -0.2) is 4.79 Å². The van der Waals surface area contributed by atoms with E-state index in [4.69, 9.17) is 0 Å². The van der Waals surface area contributed by atoms with E-state index >= 15 is 0 Å². The summed E-state index contributed by atoms with van der Waals surface area (Å²) in [6, 6.07) is 1.38. The van der Waals surface area contributed by atoms with E-state index in [1.54, 1.807) is 18.3 Å². The summed E-state index contributed by atoms with van der Waals surface area (Å²) in [7, 11) is 1.32. The van der Waals surface area contributed by atoms with E-state index in [-0.39, 0.29) is 5.91 Å². The molecule has 0 radical (unpaired) electrons. The fraction of sp³-hybridized carbons (Fsp3) is 0.600. The molecule has 1 N–H and O–H groups in total. The number of rotatable bonds is 3. The third kappa shape index (κ3) is 3.60. The third-order valence-corrected chi connectivity index (χ3v) is 4.86. The van der Waals surface area contributed by atoms with Gasteiger partial charge in [-0.1, -0.05) is 12.8 Å². The second kappa shape index (κ2) is 6.88. The summed E-state index contributed by atoms with van der Waals surface area (Å²) in [5, 5.41) is 2.68. The fourth-order valence-electron chi connectivity index (χ4n) is 2.46. The lowest BCUT2D eigenvalue weighted by Crippen LogP contribution is -2.38. The van der Waals surface area contributed by atoms with Crippen molar-refractivity contribution in [2.75, 3.05) is 7.11 Å². The van der Waals surface area contributed by atoms with Crippen molar-refractivity contribution in [1.82, 2.24) is 5.32 Å². The average molecular weight is 295 g/mol. The van der Waals surface area contributed by atoms with Crippen molar-refractivity contribution in [3.63, 3.8) is 0 Å². The second-order valence-electron chi connectivity index (χ2n) is 5.19. The molecule has 2 rings (SSSR count). The molecule has 1 unspecified atom stereocenters. The topological polar surface area (TPSA) is 55.4 Å². The van der Waals surface area contributed by atoms with Crippen LogP contribution < -0.4 is 5.32 Å². The molecule has 0 saturated carbocycles. The van der Waals surface area contributed by atoms with Crippen LogP contribution in [0.15, 0.2) is 6.07 Å². The van der Waals surface area contributed by atoms with E-state index in [1.807, 2.05) is 6.07 Å². The maximum Gasteiger partial charge on any atom is 0.328 e. The van der Waals surface area contributed by atoms with Crippen molar-refractivity contribution in [3.05, 3.63) is 21.4 Å². The number of amides is 1. The monoisotopic (exact) mass is 295 g/mol. The number of carbonyl (C=O) groups excluding carboxylic acids is 2. The Bertz CT molecular complexity index is 470. The number of fused-ring (bicyclic) bond motifs is 1. The molecular formula is C15H21NO3S. The highest BCUT2D eigenvalue weighted by Crippen LogP contribution is 2.28. The predicted molar refractivity (Wildman–Crippen MR) is 79.1 cm³/mol. The maximum absolute atomic E-state index is 12.2. The van der Waals surface area contributed by atoms with Crippen LogP contribution in [0.2, 0.25) is 0 Å². The van der Waals surface area contributed by atoms with Crippen LogP contribution in [0.25, 0.3) is 0 Å². The molecule has 5 heteroatoms. The Hall–Kier alpha value is -1.36. The summed E-state index contributed by atoms with van der Waals surface area (Å²) < 4.78 is 4.61. The highest BCUT2D eigenvalue weighted by atomic mass is 32.1. The van der Waals surface area contributed by atoms with Crippen LogP contribution in [0, 0.1) is 0 Å². The predicted octanol–water partition coefficient (Wildman–Crippen LogP) is 2.70. The van der Waals surface area contributed by atoms with Crippen LogP contribution in [-0.2, 0) is 22.4 Å². The fourth-order valence-corrected chi connectivity index (χ4v) is 3.62. The third-order valence-electron chi connectivity index (χ3n) is 3.62. The van der Waals surface area contributed by atoms with Gasteiger partial charge in [-0.15, -0.1) is 11.3 Å². The van der Waals surface area contributed by atoms with Crippen LogP contribution in [0.5, 0.6) is 0 Å². The molecule has 1 aliphatic carbocycles. The van der Waals surface area contributed by atoms with Gasteiger partial charge < -0.3 is 10.1 Å². The lowest BCUT2D eigenvalue weighted by molar-refractivity contribution is -0.142. The van der Waals surface area contributed by atoms with Crippen LogP contribution >= 0.6 is 11.3 Å². The zero-order chi connectivity index (χ0) is 14.5. The second-order valence-corrected chi connectivity index (χ2v) is 6.33. The minimum atomic E-state index is -0.614. The maximum atomic E-state index is 12.2. The Balaban J connectivity index is 2.07. The SMILES string of the molecule is COC(=O)C(C)NC(=O)c1cc2c(s1)CCCCCC2. The molecule has 0 spiro atoms. The molecule has 1 heterocycles. The van der Waals surface area contributed by atoms with Gasteiger partial charge in [-0.05, 0) is 44.2 Å². The Morgan fingerprint density at radius 2 is 1.95 bits per heavy atom. The van der Waals surface area contributed by atoms with E-state index in [0.717, 1.165) is 12.8 Å². The summed E-state index contributed by atoms with van der Waals surface area (Å²) in [6.45, 7) is 1.63. The number of hydrogen-bond donors (Lipinski definition) is 1. The van der Waals surface area contributed by atoms with Gasteiger partial charge in [-0.2, -0.15) is 0 Å². The first kappa shape index (κ1) is 15.0. The largest absolute Gasteiger partial charge is 0.467 e. The van der Waals surface area contributed by atoms with Crippen molar-refractivity contribution in [2.24, 2.45) is 0 Å². The smallest absolute Gasteiger partial charge is 0.328 e. The van der Waals surface area contributed by atoms with Gasteiger partial charge in [0.1, 0.15) is 6.04 Å². The Kier molecular flexibility index (Phi) is 5.17. The number of hydrogen-bond acceptors (Lipinski definition) is 4. The summed E-state index contributed by atoms with van der Waals surface area (Å²) in [5.41, 5.74) is 1.31. The molecular weight excluding hydrogens is 274 g/mol. The molecule has 0 fully saturated rings. The molecule has 20 heavy (non-hydrogen) atoms. The van der Waals surface area contributed by atoms with Gasteiger partial charge in [-0.3, -0.25) is 4.79 Å². The molecule has 1 aromatic rings. The van der Waals surface area contributed by atoms with E-state index in [9.17, 15) is 9.59 Å². The molecule has 0 bridgehead atoms. The number of ether oxygens (including phenoxy) is 1. The molecule has 0 saturated heterocycles. The van der Waals surface area contributed by atoms with Crippen molar-refractivity contribution in [3.8, 4) is 0 Å². The lowest BCUT2D eigenvalue weighted by atomic mass is 10.00. The van der Waals surface area contributed by atoms with Crippen LogP contribution in [0.4, 0.5) is 0 Å². The molecule has 1 aromatic heterocycles. The van der Waals surface area contributed by atoms with Crippen molar-refractivity contribution in [1.29, 1.82) is 0 Å². The summed E-state index contributed by atoms with van der Waals surface area (Å²) in [5.74, 6) is -0.604. The van der Waals surface area contributed by atoms with Crippen LogP contribution in [0.1, 0.15) is 52.7 Å². The van der Waals surface area contributed by atoms with Gasteiger partial charge in [0.05, 0.1) is 12.0 Å². The molecule has 1 amide bonds. The number of nitrogens with one attached hydrogen (secondary N) is 1. The van der Waals surface area contributed by atoms with Gasteiger partial charge in [0, 0.05) is 4.88 Å². The highest BCUT2D eigenvalue weighted by molar-refractivity contribution is 7.14. The molecule has 1 atom stereocenters. The molecule has 0 aliphatic heterocycles. The first-order valence-electron chi connectivity index (χ1n) is 7.12. The number of thiophene rings is 1. The number of carbonyl (C=O) groups is 2. The Labute approximate surface area is 123 Å². The van der Waals surface area contributed by atoms with Crippen molar-refractivity contribution < 1.29 is 14.3 Å². The average Bonchev–Trinajstić information content (AvgIpc) is 2.80. The first-order chi connectivity index (χ1) is 9.61.